The van der Waals surface area contributed by atoms with E-state index in [1.54, 1.807) is 5.38 Å². The van der Waals surface area contributed by atoms with Crippen LogP contribution in [-0.4, -0.2) is 4.98 Å². The molecule has 1 heterocycles. The summed E-state index contributed by atoms with van der Waals surface area (Å²) >= 11 is 6.93. The highest BCUT2D eigenvalue weighted by Crippen LogP contribution is 2.32. The summed E-state index contributed by atoms with van der Waals surface area (Å²) in [4.78, 5) is 3.98. The Labute approximate surface area is 98.5 Å². The number of halogens is 4. The minimum absolute atomic E-state index is 0.347. The number of benzene rings is 1. The average molecular weight is 264 g/mol. The number of nitrogens with zero attached hydrogens (tertiary/aromatic N) is 1. The van der Waals surface area contributed by atoms with Crippen molar-refractivity contribution < 1.29 is 13.2 Å². The SMILES string of the molecule is FC(F)(F)c1ccc(-c2nc(Cl)cs2)cc1. The first-order valence-electron chi connectivity index (χ1n) is 4.25. The monoisotopic (exact) mass is 263 g/mol. The van der Waals surface area contributed by atoms with Gasteiger partial charge in [0, 0.05) is 10.9 Å². The van der Waals surface area contributed by atoms with Crippen molar-refractivity contribution in [3.8, 4) is 10.6 Å². The van der Waals surface area contributed by atoms with E-state index in [0.29, 0.717) is 15.7 Å². The van der Waals surface area contributed by atoms with Gasteiger partial charge in [-0.15, -0.1) is 11.3 Å². The first kappa shape index (κ1) is 11.4. The summed E-state index contributed by atoms with van der Waals surface area (Å²) in [5.41, 5.74) is -0.0381. The van der Waals surface area contributed by atoms with Crippen molar-refractivity contribution in [2.75, 3.05) is 0 Å². The number of aromatic nitrogens is 1. The first-order valence-corrected chi connectivity index (χ1v) is 5.51. The number of hydrogen-bond acceptors (Lipinski definition) is 2. The van der Waals surface area contributed by atoms with Gasteiger partial charge in [-0.05, 0) is 12.1 Å². The smallest absolute Gasteiger partial charge is 0.224 e. The largest absolute Gasteiger partial charge is 0.416 e. The molecule has 6 heteroatoms. The maximum absolute atomic E-state index is 12.3. The zero-order valence-corrected chi connectivity index (χ0v) is 9.33. The van der Waals surface area contributed by atoms with Crippen molar-refractivity contribution in [2.24, 2.45) is 0 Å². The minimum Gasteiger partial charge on any atom is -0.224 e. The van der Waals surface area contributed by atoms with Crippen LogP contribution in [0.3, 0.4) is 0 Å². The second-order valence-corrected chi connectivity index (χ2v) is 4.30. The molecule has 1 aromatic carbocycles. The molecule has 84 valence electrons. The summed E-state index contributed by atoms with van der Waals surface area (Å²) in [6, 6.07) is 4.84. The molecule has 0 aliphatic heterocycles. The molecule has 0 saturated carbocycles. The molecule has 0 N–H and O–H groups in total. The van der Waals surface area contributed by atoms with Gasteiger partial charge in [-0.2, -0.15) is 13.2 Å². The molecule has 0 aliphatic rings. The van der Waals surface area contributed by atoms with Crippen molar-refractivity contribution in [3.63, 3.8) is 0 Å². The van der Waals surface area contributed by atoms with E-state index in [4.69, 9.17) is 11.6 Å². The maximum atomic E-state index is 12.3. The van der Waals surface area contributed by atoms with E-state index in [1.807, 2.05) is 0 Å². The van der Waals surface area contributed by atoms with Crippen molar-refractivity contribution in [3.05, 3.63) is 40.4 Å². The summed E-state index contributed by atoms with van der Waals surface area (Å²) in [6.07, 6.45) is -4.31. The molecule has 0 unspecified atom stereocenters. The van der Waals surface area contributed by atoms with Gasteiger partial charge >= 0.3 is 6.18 Å². The second kappa shape index (κ2) is 4.07. The summed E-state index contributed by atoms with van der Waals surface area (Å²) in [6.45, 7) is 0. The van der Waals surface area contributed by atoms with Gasteiger partial charge in [0.05, 0.1) is 5.56 Å². The summed E-state index contributed by atoms with van der Waals surface area (Å²) in [5, 5.41) is 2.59. The van der Waals surface area contributed by atoms with Crippen LogP contribution in [0.2, 0.25) is 5.15 Å². The van der Waals surface area contributed by atoms with Crippen LogP contribution in [-0.2, 0) is 6.18 Å². The molecule has 16 heavy (non-hydrogen) atoms. The molecule has 2 rings (SSSR count). The molecule has 0 bridgehead atoms. The quantitative estimate of drug-likeness (QED) is 0.739. The number of thiazole rings is 1. The van der Waals surface area contributed by atoms with E-state index in [9.17, 15) is 13.2 Å². The molecule has 0 amide bonds. The fraction of sp³-hybridized carbons (Fsp3) is 0.100. The Morgan fingerprint density at radius 2 is 1.75 bits per heavy atom. The Bertz CT molecular complexity index is 490. The van der Waals surface area contributed by atoms with Gasteiger partial charge in [0.1, 0.15) is 10.2 Å². The van der Waals surface area contributed by atoms with Crippen LogP contribution in [0.1, 0.15) is 5.56 Å². The molecule has 0 fully saturated rings. The Hall–Kier alpha value is -1.07. The molecule has 2 aromatic rings. The van der Waals surface area contributed by atoms with Crippen molar-refractivity contribution in [1.82, 2.24) is 4.98 Å². The van der Waals surface area contributed by atoms with Gasteiger partial charge in [-0.25, -0.2) is 4.98 Å². The maximum Gasteiger partial charge on any atom is 0.416 e. The molecule has 0 saturated heterocycles. The zero-order chi connectivity index (χ0) is 11.8. The van der Waals surface area contributed by atoms with E-state index in [0.717, 1.165) is 12.1 Å². The van der Waals surface area contributed by atoms with Crippen molar-refractivity contribution in [2.45, 2.75) is 6.18 Å². The standard InChI is InChI=1S/C10H5ClF3NS/c11-8-5-16-9(15-8)6-1-3-7(4-2-6)10(12,13)14/h1-5H. The highest BCUT2D eigenvalue weighted by atomic mass is 35.5. The van der Waals surface area contributed by atoms with Crippen LogP contribution in [0.4, 0.5) is 13.2 Å². The molecular formula is C10H5ClF3NS. The third kappa shape index (κ3) is 2.36. The first-order chi connectivity index (χ1) is 7.47. The Balaban J connectivity index is 2.33. The molecular weight excluding hydrogens is 259 g/mol. The van der Waals surface area contributed by atoms with Crippen molar-refractivity contribution in [1.29, 1.82) is 0 Å². The summed E-state index contributed by atoms with van der Waals surface area (Å²) in [5.74, 6) is 0. The number of alkyl halides is 3. The minimum atomic E-state index is -4.31. The van der Waals surface area contributed by atoms with Gasteiger partial charge in [0.25, 0.3) is 0 Å². The van der Waals surface area contributed by atoms with Crippen LogP contribution >= 0.6 is 22.9 Å². The van der Waals surface area contributed by atoms with Crippen LogP contribution < -0.4 is 0 Å². The van der Waals surface area contributed by atoms with E-state index in [2.05, 4.69) is 4.98 Å². The molecule has 0 atom stereocenters. The second-order valence-electron chi connectivity index (χ2n) is 3.05. The topological polar surface area (TPSA) is 12.9 Å². The van der Waals surface area contributed by atoms with Crippen molar-refractivity contribution >= 4 is 22.9 Å². The molecule has 0 radical (unpaired) electrons. The number of rotatable bonds is 1. The molecule has 0 aliphatic carbocycles. The van der Waals surface area contributed by atoms with Crippen LogP contribution in [0, 0.1) is 0 Å². The third-order valence-electron chi connectivity index (χ3n) is 1.94. The fourth-order valence-electron chi connectivity index (χ4n) is 1.19. The Morgan fingerprint density at radius 3 is 2.19 bits per heavy atom. The van der Waals surface area contributed by atoms with Crippen LogP contribution in [0.15, 0.2) is 29.6 Å². The average Bonchev–Trinajstić information content (AvgIpc) is 2.64. The van der Waals surface area contributed by atoms with Crippen LogP contribution in [0.5, 0.6) is 0 Å². The number of hydrogen-bond donors (Lipinski definition) is 0. The predicted octanol–water partition coefficient (Wildman–Crippen LogP) is 4.48. The molecule has 1 aromatic heterocycles. The van der Waals surface area contributed by atoms with E-state index in [1.165, 1.54) is 23.5 Å². The van der Waals surface area contributed by atoms with Gasteiger partial charge in [-0.3, -0.25) is 0 Å². The van der Waals surface area contributed by atoms with Gasteiger partial charge in [-0.1, -0.05) is 23.7 Å². The highest BCUT2D eigenvalue weighted by Gasteiger charge is 2.30. The third-order valence-corrected chi connectivity index (χ3v) is 3.15. The fourth-order valence-corrected chi connectivity index (χ4v) is 2.14. The Kier molecular flexibility index (Phi) is 2.90. The predicted molar refractivity (Wildman–Crippen MR) is 57.6 cm³/mol. The van der Waals surface area contributed by atoms with Crippen LogP contribution in [0.25, 0.3) is 10.6 Å². The van der Waals surface area contributed by atoms with E-state index < -0.39 is 11.7 Å². The highest BCUT2D eigenvalue weighted by molar-refractivity contribution is 7.13. The van der Waals surface area contributed by atoms with Gasteiger partial charge in [0.2, 0.25) is 0 Å². The molecule has 0 spiro atoms. The van der Waals surface area contributed by atoms with Gasteiger partial charge < -0.3 is 0 Å². The van der Waals surface area contributed by atoms with Gasteiger partial charge in [0.15, 0.2) is 0 Å². The lowest BCUT2D eigenvalue weighted by Gasteiger charge is -2.06. The molecule has 1 nitrogen and oxygen atoms in total. The van der Waals surface area contributed by atoms with E-state index >= 15 is 0 Å². The summed E-state index contributed by atoms with van der Waals surface area (Å²) in [7, 11) is 0. The lowest BCUT2D eigenvalue weighted by atomic mass is 10.1. The summed E-state index contributed by atoms with van der Waals surface area (Å²) < 4.78 is 36.9. The normalized spacial score (nSPS) is 11.8. The van der Waals surface area contributed by atoms with E-state index in [-0.39, 0.29) is 0 Å². The lowest BCUT2D eigenvalue weighted by molar-refractivity contribution is -0.137. The lowest BCUT2D eigenvalue weighted by Crippen LogP contribution is -2.03. The zero-order valence-electron chi connectivity index (χ0n) is 7.75. The Morgan fingerprint density at radius 1 is 1.12 bits per heavy atom.